The van der Waals surface area contributed by atoms with E-state index in [0.29, 0.717) is 5.56 Å². The summed E-state index contributed by atoms with van der Waals surface area (Å²) in [7, 11) is 1.47. The summed E-state index contributed by atoms with van der Waals surface area (Å²) >= 11 is 0. The molecule has 0 fully saturated rings. The van der Waals surface area contributed by atoms with Crippen LogP contribution in [0.15, 0.2) is 24.3 Å². The first-order valence-electron chi connectivity index (χ1n) is 4.82. The number of fused-ring (bicyclic) bond motifs is 1. The van der Waals surface area contributed by atoms with Crippen LogP contribution in [0, 0.1) is 0 Å². The normalized spacial score (nSPS) is 34.9. The Hall–Kier alpha value is -0.940. The molecule has 0 bridgehead atoms. The molecule has 1 aromatic carbocycles. The van der Waals surface area contributed by atoms with Gasteiger partial charge >= 0.3 is 0 Å². The highest BCUT2D eigenvalue weighted by molar-refractivity contribution is 5.35. The van der Waals surface area contributed by atoms with Crippen molar-refractivity contribution in [2.24, 2.45) is 0 Å². The number of methoxy groups -OCH3 is 1. The van der Waals surface area contributed by atoms with Crippen LogP contribution >= 0.6 is 0 Å². The number of hydrogen-bond acceptors (Lipinski definition) is 4. The van der Waals surface area contributed by atoms with Gasteiger partial charge in [0.1, 0.15) is 24.4 Å². The molecular formula is C11H14O4. The molecule has 2 rings (SSSR count). The van der Waals surface area contributed by atoms with Gasteiger partial charge in [-0.1, -0.05) is 24.3 Å². The zero-order valence-electron chi connectivity index (χ0n) is 8.37. The minimum absolute atomic E-state index is 0.584. The molecule has 82 valence electrons. The Kier molecular flexibility index (Phi) is 2.75. The summed E-state index contributed by atoms with van der Waals surface area (Å²) in [5.41, 5.74) is 1.34. The molecule has 4 atom stereocenters. The van der Waals surface area contributed by atoms with E-state index in [1.54, 1.807) is 18.2 Å². The summed E-state index contributed by atoms with van der Waals surface area (Å²) in [6, 6.07) is 7.09. The maximum absolute atomic E-state index is 9.75. The Balaban J connectivity index is 2.50. The summed E-state index contributed by atoms with van der Waals surface area (Å²) in [5.74, 6) is 0. The van der Waals surface area contributed by atoms with E-state index in [-0.39, 0.29) is 0 Å². The fourth-order valence-electron chi connectivity index (χ4n) is 2.04. The van der Waals surface area contributed by atoms with Crippen molar-refractivity contribution in [2.75, 3.05) is 7.11 Å². The molecule has 0 amide bonds. The molecule has 0 aliphatic heterocycles. The van der Waals surface area contributed by atoms with Gasteiger partial charge in [-0.2, -0.15) is 0 Å². The standard InChI is InChI=1S/C11H14O4/c1-15-11-7-5-3-2-4-6(7)8(12)9(13)10(11)14/h2-5,8-14H,1H3/t8-,9-,10+,11+/m1/s1. The number of ether oxygens (including phenoxy) is 1. The monoisotopic (exact) mass is 210 g/mol. The van der Waals surface area contributed by atoms with Crippen molar-refractivity contribution < 1.29 is 20.1 Å². The fraction of sp³-hybridized carbons (Fsp3) is 0.455. The molecule has 0 saturated carbocycles. The molecule has 0 aromatic heterocycles. The third kappa shape index (κ3) is 1.55. The van der Waals surface area contributed by atoms with E-state index in [0.717, 1.165) is 5.56 Å². The lowest BCUT2D eigenvalue weighted by molar-refractivity contribution is -0.130. The van der Waals surface area contributed by atoms with Crippen molar-refractivity contribution >= 4 is 0 Å². The zero-order chi connectivity index (χ0) is 11.0. The first-order valence-corrected chi connectivity index (χ1v) is 4.82. The van der Waals surface area contributed by atoms with Crippen LogP contribution in [0.2, 0.25) is 0 Å². The number of benzene rings is 1. The number of aliphatic hydroxyl groups excluding tert-OH is 3. The van der Waals surface area contributed by atoms with E-state index in [4.69, 9.17) is 4.74 Å². The van der Waals surface area contributed by atoms with Gasteiger partial charge in [-0.15, -0.1) is 0 Å². The Morgan fingerprint density at radius 2 is 1.60 bits per heavy atom. The first kappa shape index (κ1) is 10.6. The molecule has 3 N–H and O–H groups in total. The molecule has 0 unspecified atom stereocenters. The van der Waals surface area contributed by atoms with E-state index < -0.39 is 24.4 Å². The van der Waals surface area contributed by atoms with Gasteiger partial charge in [-0.3, -0.25) is 0 Å². The van der Waals surface area contributed by atoms with E-state index in [9.17, 15) is 15.3 Å². The van der Waals surface area contributed by atoms with E-state index >= 15 is 0 Å². The quantitative estimate of drug-likeness (QED) is 0.616. The third-order valence-corrected chi connectivity index (χ3v) is 2.86. The molecule has 0 heterocycles. The Morgan fingerprint density at radius 1 is 1.00 bits per heavy atom. The molecule has 1 aromatic rings. The van der Waals surface area contributed by atoms with Gasteiger partial charge in [0.25, 0.3) is 0 Å². The average molecular weight is 210 g/mol. The maximum Gasteiger partial charge on any atom is 0.113 e. The van der Waals surface area contributed by atoms with Crippen molar-refractivity contribution in [1.82, 2.24) is 0 Å². The van der Waals surface area contributed by atoms with Gasteiger partial charge in [0, 0.05) is 7.11 Å². The van der Waals surface area contributed by atoms with Crippen molar-refractivity contribution in [3.8, 4) is 0 Å². The van der Waals surface area contributed by atoms with E-state index in [1.807, 2.05) is 6.07 Å². The lowest BCUT2D eigenvalue weighted by Gasteiger charge is -2.36. The van der Waals surface area contributed by atoms with Crippen molar-refractivity contribution in [3.05, 3.63) is 35.4 Å². The predicted octanol–water partition coefficient (Wildman–Crippen LogP) is 0.143. The number of hydrogen-bond donors (Lipinski definition) is 3. The molecule has 0 spiro atoms. The minimum Gasteiger partial charge on any atom is -0.387 e. The van der Waals surface area contributed by atoms with Gasteiger partial charge in [0.15, 0.2) is 0 Å². The van der Waals surface area contributed by atoms with Crippen LogP contribution in [0.5, 0.6) is 0 Å². The Labute approximate surface area is 87.7 Å². The Morgan fingerprint density at radius 3 is 2.20 bits per heavy atom. The highest BCUT2D eigenvalue weighted by atomic mass is 16.5. The SMILES string of the molecule is CO[C@H]1c2ccccc2[C@@H](O)[C@@H](O)[C@@H]1O. The average Bonchev–Trinajstić information content (AvgIpc) is 2.27. The molecule has 0 saturated heterocycles. The number of aliphatic hydroxyl groups is 3. The largest absolute Gasteiger partial charge is 0.387 e. The van der Waals surface area contributed by atoms with Crippen molar-refractivity contribution in [1.29, 1.82) is 0 Å². The first-order chi connectivity index (χ1) is 7.16. The van der Waals surface area contributed by atoms with Gasteiger partial charge in [0.05, 0.1) is 0 Å². The maximum atomic E-state index is 9.75. The van der Waals surface area contributed by atoms with Gasteiger partial charge in [-0.05, 0) is 11.1 Å². The van der Waals surface area contributed by atoms with Crippen LogP contribution in [-0.2, 0) is 4.74 Å². The zero-order valence-corrected chi connectivity index (χ0v) is 8.37. The van der Waals surface area contributed by atoms with Crippen LogP contribution in [0.1, 0.15) is 23.3 Å². The van der Waals surface area contributed by atoms with Gasteiger partial charge in [-0.25, -0.2) is 0 Å². The summed E-state index contributed by atoms with van der Waals surface area (Å²) in [6.07, 6.45) is -3.94. The third-order valence-electron chi connectivity index (χ3n) is 2.86. The lowest BCUT2D eigenvalue weighted by atomic mass is 9.83. The summed E-state index contributed by atoms with van der Waals surface area (Å²) in [5, 5.41) is 29.1. The lowest BCUT2D eigenvalue weighted by Crippen LogP contribution is -2.42. The molecule has 4 heteroatoms. The van der Waals surface area contributed by atoms with Crippen LogP contribution < -0.4 is 0 Å². The molecular weight excluding hydrogens is 196 g/mol. The van der Waals surface area contributed by atoms with E-state index in [2.05, 4.69) is 0 Å². The van der Waals surface area contributed by atoms with Crippen LogP contribution in [0.4, 0.5) is 0 Å². The van der Waals surface area contributed by atoms with E-state index in [1.165, 1.54) is 7.11 Å². The molecule has 1 aliphatic rings. The van der Waals surface area contributed by atoms with Crippen LogP contribution in [0.25, 0.3) is 0 Å². The highest BCUT2D eigenvalue weighted by Gasteiger charge is 2.40. The van der Waals surface area contributed by atoms with Crippen LogP contribution in [0.3, 0.4) is 0 Å². The number of rotatable bonds is 1. The smallest absolute Gasteiger partial charge is 0.113 e. The molecule has 4 nitrogen and oxygen atoms in total. The van der Waals surface area contributed by atoms with Gasteiger partial charge < -0.3 is 20.1 Å². The van der Waals surface area contributed by atoms with Gasteiger partial charge in [0.2, 0.25) is 0 Å². The topological polar surface area (TPSA) is 69.9 Å². The van der Waals surface area contributed by atoms with Crippen molar-refractivity contribution in [2.45, 2.75) is 24.4 Å². The summed E-state index contributed by atoms with van der Waals surface area (Å²) in [6.45, 7) is 0. The van der Waals surface area contributed by atoms with Crippen molar-refractivity contribution in [3.63, 3.8) is 0 Å². The second-order valence-corrected chi connectivity index (χ2v) is 3.71. The van der Waals surface area contributed by atoms with Crippen LogP contribution in [-0.4, -0.2) is 34.6 Å². The summed E-state index contributed by atoms with van der Waals surface area (Å²) in [4.78, 5) is 0. The molecule has 0 radical (unpaired) electrons. The molecule has 15 heavy (non-hydrogen) atoms. The highest BCUT2D eigenvalue weighted by Crippen LogP contribution is 2.37. The predicted molar refractivity (Wildman–Crippen MR) is 53.2 cm³/mol. The summed E-state index contributed by atoms with van der Waals surface area (Å²) < 4.78 is 5.13. The molecule has 1 aliphatic carbocycles. The Bertz CT molecular complexity index is 352. The fourth-order valence-corrected chi connectivity index (χ4v) is 2.04. The minimum atomic E-state index is -1.20. The second-order valence-electron chi connectivity index (χ2n) is 3.71. The second kappa shape index (κ2) is 3.90.